The minimum absolute atomic E-state index is 0.0260. The standard InChI is InChI=1S/C19H25N3O3/c1-3-12-20-17(23)14-9-5-7-11-16(14)22-19(25)18(24)21-15-10-6-4-8-13(15)2/h3,5,7,9,11,13,15H,1,4,6,8,10,12H2,2H3,(H,20,23)(H,21,24)(H,22,25)/t13-,15+/m0/s1. The minimum atomic E-state index is -0.762. The van der Waals surface area contributed by atoms with Crippen molar-refractivity contribution in [3.8, 4) is 0 Å². The van der Waals surface area contributed by atoms with Gasteiger partial charge in [-0.05, 0) is 30.9 Å². The van der Waals surface area contributed by atoms with Gasteiger partial charge in [0.2, 0.25) is 0 Å². The fraction of sp³-hybridized carbons (Fsp3) is 0.421. The number of hydrogen-bond donors (Lipinski definition) is 3. The lowest BCUT2D eigenvalue weighted by atomic mass is 9.86. The molecule has 2 rings (SSSR count). The minimum Gasteiger partial charge on any atom is -0.349 e. The molecule has 0 aliphatic heterocycles. The van der Waals surface area contributed by atoms with Crippen molar-refractivity contribution in [3.63, 3.8) is 0 Å². The number of nitrogens with one attached hydrogen (secondary N) is 3. The van der Waals surface area contributed by atoms with Gasteiger partial charge in [0.25, 0.3) is 5.91 Å². The van der Waals surface area contributed by atoms with Gasteiger partial charge in [-0.25, -0.2) is 0 Å². The van der Waals surface area contributed by atoms with E-state index in [0.29, 0.717) is 23.7 Å². The highest BCUT2D eigenvalue weighted by Gasteiger charge is 2.26. The molecule has 1 aromatic rings. The van der Waals surface area contributed by atoms with E-state index in [2.05, 4.69) is 29.5 Å². The van der Waals surface area contributed by atoms with Crippen LogP contribution in [0.15, 0.2) is 36.9 Å². The molecule has 1 fully saturated rings. The Morgan fingerprint density at radius 1 is 1.16 bits per heavy atom. The van der Waals surface area contributed by atoms with Gasteiger partial charge in [-0.1, -0.05) is 38.0 Å². The van der Waals surface area contributed by atoms with Crippen LogP contribution in [0.4, 0.5) is 5.69 Å². The van der Waals surface area contributed by atoms with Crippen molar-refractivity contribution in [2.24, 2.45) is 5.92 Å². The van der Waals surface area contributed by atoms with Crippen LogP contribution < -0.4 is 16.0 Å². The Bertz CT molecular complexity index is 657. The van der Waals surface area contributed by atoms with Crippen molar-refractivity contribution >= 4 is 23.4 Å². The monoisotopic (exact) mass is 343 g/mol. The maximum absolute atomic E-state index is 12.2. The first-order chi connectivity index (χ1) is 12.0. The van der Waals surface area contributed by atoms with E-state index in [9.17, 15) is 14.4 Å². The molecular formula is C19H25N3O3. The van der Waals surface area contributed by atoms with E-state index in [1.165, 1.54) is 0 Å². The number of hydrogen-bond acceptors (Lipinski definition) is 3. The SMILES string of the molecule is C=CCNC(=O)c1ccccc1NC(=O)C(=O)N[C@@H]1CCCC[C@@H]1C. The summed E-state index contributed by atoms with van der Waals surface area (Å²) in [5, 5.41) is 8.00. The molecule has 1 saturated carbocycles. The molecule has 0 saturated heterocycles. The van der Waals surface area contributed by atoms with E-state index < -0.39 is 11.8 Å². The molecule has 3 amide bonds. The van der Waals surface area contributed by atoms with Crippen LogP contribution in [0, 0.1) is 5.92 Å². The average Bonchev–Trinajstić information content (AvgIpc) is 2.62. The van der Waals surface area contributed by atoms with Crippen molar-refractivity contribution in [1.82, 2.24) is 10.6 Å². The van der Waals surface area contributed by atoms with Crippen molar-refractivity contribution in [3.05, 3.63) is 42.5 Å². The van der Waals surface area contributed by atoms with Crippen molar-refractivity contribution in [2.75, 3.05) is 11.9 Å². The smallest absolute Gasteiger partial charge is 0.313 e. The van der Waals surface area contributed by atoms with Gasteiger partial charge in [-0.15, -0.1) is 6.58 Å². The van der Waals surface area contributed by atoms with Crippen molar-refractivity contribution in [1.29, 1.82) is 0 Å². The highest BCUT2D eigenvalue weighted by atomic mass is 16.2. The molecular weight excluding hydrogens is 318 g/mol. The van der Waals surface area contributed by atoms with Crippen LogP contribution in [0.2, 0.25) is 0 Å². The Labute approximate surface area is 148 Å². The van der Waals surface area contributed by atoms with Gasteiger partial charge in [-0.3, -0.25) is 14.4 Å². The highest BCUT2D eigenvalue weighted by Crippen LogP contribution is 2.23. The zero-order valence-electron chi connectivity index (χ0n) is 14.5. The predicted molar refractivity (Wildman–Crippen MR) is 97.2 cm³/mol. The van der Waals surface area contributed by atoms with Gasteiger partial charge in [0.15, 0.2) is 0 Å². The van der Waals surface area contributed by atoms with Crippen molar-refractivity contribution < 1.29 is 14.4 Å². The molecule has 134 valence electrons. The first-order valence-corrected chi connectivity index (χ1v) is 8.63. The first-order valence-electron chi connectivity index (χ1n) is 8.63. The number of carbonyl (C=O) groups is 3. The van der Waals surface area contributed by atoms with E-state index in [0.717, 1.165) is 25.7 Å². The third-order valence-corrected chi connectivity index (χ3v) is 4.46. The zero-order chi connectivity index (χ0) is 18.2. The fourth-order valence-corrected chi connectivity index (χ4v) is 2.99. The third kappa shape index (κ3) is 5.17. The summed E-state index contributed by atoms with van der Waals surface area (Å²) in [4.78, 5) is 36.5. The summed E-state index contributed by atoms with van der Waals surface area (Å²) in [6.07, 6.45) is 5.73. The number of carbonyl (C=O) groups excluding carboxylic acids is 3. The van der Waals surface area contributed by atoms with Gasteiger partial charge >= 0.3 is 11.8 Å². The molecule has 0 bridgehead atoms. The van der Waals surface area contributed by atoms with Crippen LogP contribution in [-0.4, -0.2) is 30.3 Å². The van der Waals surface area contributed by atoms with Gasteiger partial charge in [0, 0.05) is 12.6 Å². The maximum Gasteiger partial charge on any atom is 0.313 e. The van der Waals surface area contributed by atoms with Crippen LogP contribution >= 0.6 is 0 Å². The topological polar surface area (TPSA) is 87.3 Å². The molecule has 25 heavy (non-hydrogen) atoms. The molecule has 1 aliphatic carbocycles. The molecule has 1 aromatic carbocycles. The van der Waals surface area contributed by atoms with Gasteiger partial charge in [0.05, 0.1) is 11.3 Å². The van der Waals surface area contributed by atoms with E-state index in [4.69, 9.17) is 0 Å². The van der Waals surface area contributed by atoms with Crippen LogP contribution in [0.5, 0.6) is 0 Å². The predicted octanol–water partition coefficient (Wildman–Crippen LogP) is 2.24. The zero-order valence-corrected chi connectivity index (χ0v) is 14.5. The highest BCUT2D eigenvalue weighted by molar-refractivity contribution is 6.40. The lowest BCUT2D eigenvalue weighted by molar-refractivity contribution is -0.137. The second-order valence-corrected chi connectivity index (χ2v) is 6.34. The molecule has 6 nitrogen and oxygen atoms in total. The summed E-state index contributed by atoms with van der Waals surface area (Å²) in [5.41, 5.74) is 0.609. The van der Waals surface area contributed by atoms with Gasteiger partial charge in [-0.2, -0.15) is 0 Å². The molecule has 3 N–H and O–H groups in total. The second-order valence-electron chi connectivity index (χ2n) is 6.34. The van der Waals surface area contributed by atoms with Crippen LogP contribution in [0.25, 0.3) is 0 Å². The number of benzene rings is 1. The Morgan fingerprint density at radius 2 is 1.88 bits per heavy atom. The Morgan fingerprint density at radius 3 is 2.60 bits per heavy atom. The number of para-hydroxylation sites is 1. The molecule has 6 heteroatoms. The van der Waals surface area contributed by atoms with Gasteiger partial charge < -0.3 is 16.0 Å². The lowest BCUT2D eigenvalue weighted by Crippen LogP contribution is -2.46. The largest absolute Gasteiger partial charge is 0.349 e. The van der Waals surface area contributed by atoms with Crippen LogP contribution in [-0.2, 0) is 9.59 Å². The molecule has 2 atom stereocenters. The lowest BCUT2D eigenvalue weighted by Gasteiger charge is -2.29. The van der Waals surface area contributed by atoms with E-state index in [1.54, 1.807) is 30.3 Å². The molecule has 0 radical (unpaired) electrons. The summed E-state index contributed by atoms with van der Waals surface area (Å²) in [6.45, 7) is 5.95. The average molecular weight is 343 g/mol. The number of rotatable bonds is 5. The number of anilines is 1. The van der Waals surface area contributed by atoms with Crippen molar-refractivity contribution in [2.45, 2.75) is 38.6 Å². The maximum atomic E-state index is 12.2. The molecule has 0 unspecified atom stereocenters. The Hall–Kier alpha value is -2.63. The molecule has 0 spiro atoms. The molecule has 1 aliphatic rings. The number of amides is 3. The molecule has 0 heterocycles. The molecule has 0 aromatic heterocycles. The third-order valence-electron chi connectivity index (χ3n) is 4.46. The summed E-state index contributed by atoms with van der Waals surface area (Å²) in [5.74, 6) is -1.40. The van der Waals surface area contributed by atoms with E-state index in [-0.39, 0.29) is 11.9 Å². The first kappa shape index (κ1) is 18.7. The fourth-order valence-electron chi connectivity index (χ4n) is 2.99. The quantitative estimate of drug-likeness (QED) is 0.566. The Balaban J connectivity index is 2.01. The summed E-state index contributed by atoms with van der Waals surface area (Å²) < 4.78 is 0. The van der Waals surface area contributed by atoms with Crippen LogP contribution in [0.3, 0.4) is 0 Å². The van der Waals surface area contributed by atoms with E-state index in [1.807, 2.05) is 0 Å². The normalized spacial score (nSPS) is 19.6. The van der Waals surface area contributed by atoms with E-state index >= 15 is 0 Å². The van der Waals surface area contributed by atoms with Gasteiger partial charge in [0.1, 0.15) is 0 Å². The summed E-state index contributed by atoms with van der Waals surface area (Å²) >= 11 is 0. The Kier molecular flexibility index (Phi) is 6.74. The summed E-state index contributed by atoms with van der Waals surface area (Å²) in [7, 11) is 0. The second kappa shape index (κ2) is 9.01. The summed E-state index contributed by atoms with van der Waals surface area (Å²) in [6, 6.07) is 6.61. The van der Waals surface area contributed by atoms with Crippen LogP contribution in [0.1, 0.15) is 43.0 Å².